The third-order valence-electron chi connectivity index (χ3n) is 5.24. The first-order valence-electron chi connectivity index (χ1n) is 8.17. The molecule has 0 unspecified atom stereocenters. The number of aromatic nitrogens is 2. The van der Waals surface area contributed by atoms with E-state index < -0.39 is 0 Å². The molecular formula is C16H27N5. The number of rotatable bonds is 2. The maximum Gasteiger partial charge on any atom is 0.193 e. The van der Waals surface area contributed by atoms with Crippen LogP contribution in [0, 0.1) is 12.3 Å². The van der Waals surface area contributed by atoms with Crippen LogP contribution in [0.5, 0.6) is 0 Å². The molecule has 116 valence electrons. The molecule has 1 saturated carbocycles. The number of nitrogens with one attached hydrogen (secondary N) is 2. The van der Waals surface area contributed by atoms with Crippen molar-refractivity contribution in [3.8, 4) is 0 Å². The smallest absolute Gasteiger partial charge is 0.193 e. The van der Waals surface area contributed by atoms with Crippen LogP contribution in [-0.4, -0.2) is 41.2 Å². The van der Waals surface area contributed by atoms with Crippen LogP contribution in [0.25, 0.3) is 0 Å². The summed E-state index contributed by atoms with van der Waals surface area (Å²) in [5, 5.41) is 10.5. The number of nitrogens with zero attached hydrogens (tertiary/aromatic N) is 3. The standard InChI is InChI=1S/C16H27N5/c1-13-14(11-19-20-13)10-18-15(17-2)21-9-8-16(12-21)6-4-3-5-7-16/h11H,3-10,12H2,1-2H3,(H,17,18)(H,19,20). The summed E-state index contributed by atoms with van der Waals surface area (Å²) < 4.78 is 0. The van der Waals surface area contributed by atoms with Crippen LogP contribution >= 0.6 is 0 Å². The summed E-state index contributed by atoms with van der Waals surface area (Å²) in [5.74, 6) is 1.04. The Bertz CT molecular complexity index is 499. The van der Waals surface area contributed by atoms with Crippen LogP contribution in [0.2, 0.25) is 0 Å². The van der Waals surface area contributed by atoms with E-state index in [4.69, 9.17) is 0 Å². The number of guanidine groups is 1. The van der Waals surface area contributed by atoms with E-state index in [0.717, 1.165) is 24.7 Å². The summed E-state index contributed by atoms with van der Waals surface area (Å²) in [5.41, 5.74) is 2.91. The van der Waals surface area contributed by atoms with E-state index in [1.165, 1.54) is 50.6 Å². The summed E-state index contributed by atoms with van der Waals surface area (Å²) >= 11 is 0. The second-order valence-corrected chi connectivity index (χ2v) is 6.65. The van der Waals surface area contributed by atoms with Gasteiger partial charge in [0, 0.05) is 37.9 Å². The maximum absolute atomic E-state index is 4.48. The van der Waals surface area contributed by atoms with Crippen LogP contribution in [-0.2, 0) is 6.54 Å². The van der Waals surface area contributed by atoms with Crippen molar-refractivity contribution in [1.29, 1.82) is 0 Å². The number of hydrogen-bond acceptors (Lipinski definition) is 2. The van der Waals surface area contributed by atoms with Gasteiger partial charge in [0.25, 0.3) is 0 Å². The molecule has 0 amide bonds. The number of aromatic amines is 1. The Labute approximate surface area is 127 Å². The van der Waals surface area contributed by atoms with E-state index in [0.29, 0.717) is 5.41 Å². The van der Waals surface area contributed by atoms with Gasteiger partial charge in [0.2, 0.25) is 0 Å². The zero-order chi connectivity index (χ0) is 14.7. The van der Waals surface area contributed by atoms with E-state index in [1.807, 2.05) is 13.2 Å². The first-order chi connectivity index (χ1) is 10.2. The summed E-state index contributed by atoms with van der Waals surface area (Å²) in [6.45, 7) is 5.17. The third-order valence-corrected chi connectivity index (χ3v) is 5.24. The van der Waals surface area contributed by atoms with Crippen molar-refractivity contribution < 1.29 is 0 Å². The molecule has 2 fully saturated rings. The highest BCUT2D eigenvalue weighted by Crippen LogP contribution is 2.43. The number of hydrogen-bond donors (Lipinski definition) is 2. The van der Waals surface area contributed by atoms with Gasteiger partial charge in [-0.05, 0) is 31.6 Å². The average molecular weight is 289 g/mol. The molecule has 2 aliphatic rings. The quantitative estimate of drug-likeness (QED) is 0.649. The molecule has 2 heterocycles. The number of aliphatic imine (C=N–C) groups is 1. The first-order valence-corrected chi connectivity index (χ1v) is 8.17. The van der Waals surface area contributed by atoms with Gasteiger partial charge in [-0.3, -0.25) is 10.1 Å². The zero-order valence-corrected chi connectivity index (χ0v) is 13.3. The molecule has 1 saturated heterocycles. The van der Waals surface area contributed by atoms with Crippen LogP contribution < -0.4 is 5.32 Å². The van der Waals surface area contributed by atoms with Crippen molar-refractivity contribution in [3.05, 3.63) is 17.5 Å². The highest BCUT2D eigenvalue weighted by Gasteiger charge is 2.39. The SMILES string of the molecule is CN=C(NCc1cn[nH]c1C)N1CCC2(CCCCC2)C1. The summed E-state index contributed by atoms with van der Waals surface area (Å²) in [6, 6.07) is 0. The highest BCUT2D eigenvalue weighted by molar-refractivity contribution is 5.80. The lowest BCUT2D eigenvalue weighted by atomic mass is 9.73. The fourth-order valence-corrected chi connectivity index (χ4v) is 3.89. The monoisotopic (exact) mass is 289 g/mol. The van der Waals surface area contributed by atoms with Crippen LogP contribution in [0.3, 0.4) is 0 Å². The minimum absolute atomic E-state index is 0.571. The van der Waals surface area contributed by atoms with Gasteiger partial charge in [0.05, 0.1) is 6.20 Å². The second-order valence-electron chi connectivity index (χ2n) is 6.65. The molecule has 0 atom stereocenters. The Morgan fingerprint density at radius 2 is 2.19 bits per heavy atom. The molecule has 0 aromatic carbocycles. The minimum Gasteiger partial charge on any atom is -0.352 e. The molecule has 0 bridgehead atoms. The average Bonchev–Trinajstić information content (AvgIpc) is 3.08. The molecule has 1 aromatic heterocycles. The third kappa shape index (κ3) is 3.06. The highest BCUT2D eigenvalue weighted by atomic mass is 15.3. The van der Waals surface area contributed by atoms with Gasteiger partial charge in [-0.25, -0.2) is 0 Å². The molecule has 0 radical (unpaired) electrons. The van der Waals surface area contributed by atoms with E-state index in [2.05, 4.69) is 32.3 Å². The Morgan fingerprint density at radius 1 is 1.38 bits per heavy atom. The van der Waals surface area contributed by atoms with E-state index in [-0.39, 0.29) is 0 Å². The first kappa shape index (κ1) is 14.4. The predicted octanol–water partition coefficient (Wildman–Crippen LogP) is 2.45. The van der Waals surface area contributed by atoms with E-state index in [1.54, 1.807) is 0 Å². The van der Waals surface area contributed by atoms with Crippen molar-refractivity contribution >= 4 is 5.96 Å². The van der Waals surface area contributed by atoms with Crippen molar-refractivity contribution in [3.63, 3.8) is 0 Å². The van der Waals surface area contributed by atoms with Gasteiger partial charge in [-0.1, -0.05) is 19.3 Å². The normalized spacial score (nSPS) is 22.0. The molecule has 1 spiro atoms. The van der Waals surface area contributed by atoms with Gasteiger partial charge >= 0.3 is 0 Å². The van der Waals surface area contributed by atoms with Gasteiger partial charge in [0.15, 0.2) is 5.96 Å². The Hall–Kier alpha value is -1.52. The molecule has 5 heteroatoms. The topological polar surface area (TPSA) is 56.3 Å². The zero-order valence-electron chi connectivity index (χ0n) is 13.3. The molecular weight excluding hydrogens is 262 g/mol. The Kier molecular flexibility index (Phi) is 4.17. The van der Waals surface area contributed by atoms with Gasteiger partial charge in [-0.15, -0.1) is 0 Å². The second kappa shape index (κ2) is 6.08. The van der Waals surface area contributed by atoms with Crippen molar-refractivity contribution in [1.82, 2.24) is 20.4 Å². The molecule has 1 aromatic rings. The fourth-order valence-electron chi connectivity index (χ4n) is 3.89. The molecule has 1 aliphatic carbocycles. The molecule has 3 rings (SSSR count). The molecule has 1 aliphatic heterocycles. The van der Waals surface area contributed by atoms with Crippen LogP contribution in [0.15, 0.2) is 11.2 Å². The van der Waals surface area contributed by atoms with Crippen LogP contribution in [0.1, 0.15) is 49.8 Å². The minimum atomic E-state index is 0.571. The summed E-state index contributed by atoms with van der Waals surface area (Å²) in [6.07, 6.45) is 10.3. The van der Waals surface area contributed by atoms with Gasteiger partial charge < -0.3 is 10.2 Å². The molecule has 21 heavy (non-hydrogen) atoms. The lowest BCUT2D eigenvalue weighted by molar-refractivity contribution is 0.203. The lowest BCUT2D eigenvalue weighted by Gasteiger charge is -2.33. The summed E-state index contributed by atoms with van der Waals surface area (Å²) in [4.78, 5) is 6.92. The molecule has 5 nitrogen and oxygen atoms in total. The van der Waals surface area contributed by atoms with Crippen molar-refractivity contribution in [2.24, 2.45) is 10.4 Å². The van der Waals surface area contributed by atoms with Gasteiger partial charge in [-0.2, -0.15) is 5.10 Å². The maximum atomic E-state index is 4.48. The summed E-state index contributed by atoms with van der Waals surface area (Å²) in [7, 11) is 1.89. The largest absolute Gasteiger partial charge is 0.352 e. The van der Waals surface area contributed by atoms with E-state index in [9.17, 15) is 0 Å². The Morgan fingerprint density at radius 3 is 2.86 bits per heavy atom. The lowest BCUT2D eigenvalue weighted by Crippen LogP contribution is -2.41. The van der Waals surface area contributed by atoms with Crippen LogP contribution in [0.4, 0.5) is 0 Å². The number of aryl methyl sites for hydroxylation is 1. The van der Waals surface area contributed by atoms with Gasteiger partial charge in [0.1, 0.15) is 0 Å². The molecule has 2 N–H and O–H groups in total. The predicted molar refractivity (Wildman–Crippen MR) is 85.2 cm³/mol. The Balaban J connectivity index is 1.58. The number of likely N-dealkylation sites (tertiary alicyclic amines) is 1. The van der Waals surface area contributed by atoms with E-state index >= 15 is 0 Å². The fraction of sp³-hybridized carbons (Fsp3) is 0.750. The van der Waals surface area contributed by atoms with Crippen molar-refractivity contribution in [2.45, 2.75) is 52.0 Å². The van der Waals surface area contributed by atoms with Crippen molar-refractivity contribution in [2.75, 3.05) is 20.1 Å². The number of H-pyrrole nitrogens is 1.